The SMILES string of the molecule is CC(=O)c1c(C)[nH]c(C(=O)C(C#N)=Cc2cc(C)ccc2C)c1C. The Hall–Kier alpha value is -2.93. The number of nitriles is 1. The Morgan fingerprint density at radius 3 is 2.38 bits per heavy atom. The van der Waals surface area contributed by atoms with Gasteiger partial charge in [-0.2, -0.15) is 5.26 Å². The lowest BCUT2D eigenvalue weighted by molar-refractivity contribution is 0.101. The Kier molecular flexibility index (Phi) is 4.85. The summed E-state index contributed by atoms with van der Waals surface area (Å²) in [4.78, 5) is 27.4. The molecule has 122 valence electrons. The Labute approximate surface area is 141 Å². The van der Waals surface area contributed by atoms with Crippen LogP contribution < -0.4 is 0 Å². The number of aromatic nitrogens is 1. The predicted octanol–water partition coefficient (Wildman–Crippen LogP) is 4.24. The number of H-pyrrole nitrogens is 1. The number of benzene rings is 1. The summed E-state index contributed by atoms with van der Waals surface area (Å²) in [5.74, 6) is -0.496. The molecule has 0 saturated heterocycles. The first-order valence-corrected chi connectivity index (χ1v) is 7.70. The van der Waals surface area contributed by atoms with Gasteiger partial charge in [0.05, 0.1) is 5.69 Å². The number of Topliss-reactive ketones (excluding diaryl/α,β-unsaturated/α-hetero) is 2. The maximum absolute atomic E-state index is 12.8. The summed E-state index contributed by atoms with van der Waals surface area (Å²) < 4.78 is 0. The zero-order valence-electron chi connectivity index (χ0n) is 14.6. The Morgan fingerprint density at radius 2 is 1.83 bits per heavy atom. The summed E-state index contributed by atoms with van der Waals surface area (Å²) >= 11 is 0. The van der Waals surface area contributed by atoms with Crippen LogP contribution in [-0.4, -0.2) is 16.6 Å². The smallest absolute Gasteiger partial charge is 0.219 e. The van der Waals surface area contributed by atoms with E-state index in [1.807, 2.05) is 38.1 Å². The zero-order valence-corrected chi connectivity index (χ0v) is 14.6. The molecule has 1 heterocycles. The molecule has 0 aliphatic heterocycles. The number of nitrogens with zero attached hydrogens (tertiary/aromatic N) is 1. The molecule has 0 fully saturated rings. The number of rotatable bonds is 4. The third-order valence-corrected chi connectivity index (χ3v) is 4.12. The van der Waals surface area contributed by atoms with E-state index in [0.29, 0.717) is 22.5 Å². The van der Waals surface area contributed by atoms with Crippen molar-refractivity contribution in [3.05, 3.63) is 63.0 Å². The zero-order chi connectivity index (χ0) is 18.0. The number of aromatic amines is 1. The highest BCUT2D eigenvalue weighted by atomic mass is 16.1. The maximum atomic E-state index is 12.8. The lowest BCUT2D eigenvalue weighted by Crippen LogP contribution is -2.05. The first kappa shape index (κ1) is 17.4. The summed E-state index contributed by atoms with van der Waals surface area (Å²) in [6, 6.07) is 7.87. The molecule has 0 bridgehead atoms. The van der Waals surface area contributed by atoms with Crippen molar-refractivity contribution < 1.29 is 9.59 Å². The lowest BCUT2D eigenvalue weighted by atomic mass is 9.99. The van der Waals surface area contributed by atoms with Gasteiger partial charge in [0.25, 0.3) is 0 Å². The molecule has 1 aromatic carbocycles. The van der Waals surface area contributed by atoms with Crippen LogP contribution in [0.2, 0.25) is 0 Å². The van der Waals surface area contributed by atoms with Crippen LogP contribution in [0.4, 0.5) is 0 Å². The van der Waals surface area contributed by atoms with Crippen LogP contribution >= 0.6 is 0 Å². The van der Waals surface area contributed by atoms with Crippen molar-refractivity contribution in [3.8, 4) is 6.07 Å². The van der Waals surface area contributed by atoms with Crippen molar-refractivity contribution in [2.24, 2.45) is 0 Å². The van der Waals surface area contributed by atoms with Crippen LogP contribution in [-0.2, 0) is 0 Å². The van der Waals surface area contributed by atoms with Crippen LogP contribution in [0.1, 0.15) is 55.7 Å². The molecule has 0 radical (unpaired) electrons. The number of carbonyl (C=O) groups is 2. The summed E-state index contributed by atoms with van der Waals surface area (Å²) in [7, 11) is 0. The van der Waals surface area contributed by atoms with Gasteiger partial charge in [0.1, 0.15) is 11.6 Å². The van der Waals surface area contributed by atoms with Gasteiger partial charge >= 0.3 is 0 Å². The summed E-state index contributed by atoms with van der Waals surface area (Å²) in [5.41, 5.74) is 4.99. The molecule has 0 atom stereocenters. The summed E-state index contributed by atoms with van der Waals surface area (Å²) in [6.07, 6.45) is 1.60. The molecule has 2 rings (SSSR count). The second-order valence-electron chi connectivity index (χ2n) is 6.04. The number of allylic oxidation sites excluding steroid dienone is 1. The van der Waals surface area contributed by atoms with E-state index in [0.717, 1.165) is 16.7 Å². The average molecular weight is 320 g/mol. The number of carbonyl (C=O) groups excluding carboxylic acids is 2. The van der Waals surface area contributed by atoms with E-state index in [1.54, 1.807) is 19.9 Å². The fraction of sp³-hybridized carbons (Fsp3) is 0.250. The van der Waals surface area contributed by atoms with Crippen molar-refractivity contribution in [1.82, 2.24) is 4.98 Å². The summed E-state index contributed by atoms with van der Waals surface area (Å²) in [6.45, 7) is 8.83. The van der Waals surface area contributed by atoms with E-state index in [-0.39, 0.29) is 11.4 Å². The van der Waals surface area contributed by atoms with Gasteiger partial charge in [0.15, 0.2) is 5.78 Å². The third-order valence-electron chi connectivity index (χ3n) is 4.12. The van der Waals surface area contributed by atoms with Gasteiger partial charge in [0.2, 0.25) is 5.78 Å². The largest absolute Gasteiger partial charge is 0.355 e. The molecule has 0 unspecified atom stereocenters. The second kappa shape index (κ2) is 6.67. The molecule has 0 aliphatic carbocycles. The molecular weight excluding hydrogens is 300 g/mol. The molecule has 0 spiro atoms. The lowest BCUT2D eigenvalue weighted by Gasteiger charge is -2.04. The topological polar surface area (TPSA) is 73.7 Å². The molecular formula is C20H20N2O2. The minimum atomic E-state index is -0.397. The maximum Gasteiger partial charge on any atom is 0.219 e. The molecule has 4 heteroatoms. The van der Waals surface area contributed by atoms with Gasteiger partial charge in [-0.05, 0) is 57.4 Å². The molecule has 24 heavy (non-hydrogen) atoms. The molecule has 1 N–H and O–H groups in total. The van der Waals surface area contributed by atoms with Gasteiger partial charge in [-0.3, -0.25) is 9.59 Å². The predicted molar refractivity (Wildman–Crippen MR) is 94.1 cm³/mol. The van der Waals surface area contributed by atoms with E-state index in [2.05, 4.69) is 4.98 Å². The van der Waals surface area contributed by atoms with Gasteiger partial charge in [-0.25, -0.2) is 0 Å². The number of ketones is 2. The van der Waals surface area contributed by atoms with Crippen LogP contribution in [0.25, 0.3) is 6.08 Å². The monoisotopic (exact) mass is 320 g/mol. The number of hydrogen-bond acceptors (Lipinski definition) is 3. The first-order valence-electron chi connectivity index (χ1n) is 7.70. The Balaban J connectivity index is 2.53. The molecule has 0 amide bonds. The third kappa shape index (κ3) is 3.21. The van der Waals surface area contributed by atoms with Gasteiger partial charge in [-0.15, -0.1) is 0 Å². The van der Waals surface area contributed by atoms with Gasteiger partial charge in [-0.1, -0.05) is 23.8 Å². The number of nitrogens with one attached hydrogen (secondary N) is 1. The number of aryl methyl sites for hydroxylation is 3. The minimum absolute atomic E-state index is 0.0446. The minimum Gasteiger partial charge on any atom is -0.355 e. The molecule has 1 aromatic heterocycles. The quantitative estimate of drug-likeness (QED) is 0.520. The summed E-state index contributed by atoms with van der Waals surface area (Å²) in [5, 5.41) is 9.44. The Bertz CT molecular complexity index is 908. The van der Waals surface area contributed by atoms with Crippen molar-refractivity contribution in [2.45, 2.75) is 34.6 Å². The van der Waals surface area contributed by atoms with Crippen LogP contribution in [0.15, 0.2) is 23.8 Å². The molecule has 0 aliphatic rings. The normalized spacial score (nSPS) is 11.2. The molecule has 2 aromatic rings. The highest BCUT2D eigenvalue weighted by molar-refractivity contribution is 6.15. The van der Waals surface area contributed by atoms with Crippen LogP contribution in [0, 0.1) is 39.0 Å². The van der Waals surface area contributed by atoms with E-state index < -0.39 is 5.78 Å². The van der Waals surface area contributed by atoms with Crippen LogP contribution in [0.5, 0.6) is 0 Å². The van der Waals surface area contributed by atoms with Crippen molar-refractivity contribution in [2.75, 3.05) is 0 Å². The molecule has 0 saturated carbocycles. The van der Waals surface area contributed by atoms with Gasteiger partial charge in [0, 0.05) is 11.3 Å². The van der Waals surface area contributed by atoms with Gasteiger partial charge < -0.3 is 4.98 Å². The van der Waals surface area contributed by atoms with Crippen molar-refractivity contribution in [1.29, 1.82) is 5.26 Å². The van der Waals surface area contributed by atoms with Crippen molar-refractivity contribution >= 4 is 17.6 Å². The van der Waals surface area contributed by atoms with E-state index in [4.69, 9.17) is 0 Å². The number of hydrogen-bond donors (Lipinski definition) is 1. The van der Waals surface area contributed by atoms with E-state index in [9.17, 15) is 14.9 Å². The molecule has 4 nitrogen and oxygen atoms in total. The van der Waals surface area contributed by atoms with E-state index >= 15 is 0 Å². The van der Waals surface area contributed by atoms with Crippen LogP contribution in [0.3, 0.4) is 0 Å². The average Bonchev–Trinajstić information content (AvgIpc) is 2.82. The second-order valence-corrected chi connectivity index (χ2v) is 6.04. The highest BCUT2D eigenvalue weighted by Gasteiger charge is 2.22. The Morgan fingerprint density at radius 1 is 1.17 bits per heavy atom. The first-order chi connectivity index (χ1) is 11.3. The fourth-order valence-electron chi connectivity index (χ4n) is 2.86. The standard InChI is InChI=1S/C20H20N2O2/c1-11-6-7-12(2)16(8-11)9-17(10-21)20(24)19-13(3)18(15(5)23)14(4)22-19/h6-9,22H,1-5H3. The van der Waals surface area contributed by atoms with Crippen molar-refractivity contribution in [3.63, 3.8) is 0 Å². The van der Waals surface area contributed by atoms with E-state index in [1.165, 1.54) is 6.92 Å². The highest BCUT2D eigenvalue weighted by Crippen LogP contribution is 2.22. The fourth-order valence-corrected chi connectivity index (χ4v) is 2.86.